The second kappa shape index (κ2) is 9.19. The van der Waals surface area contributed by atoms with E-state index >= 15 is 0 Å². The van der Waals surface area contributed by atoms with Gasteiger partial charge < -0.3 is 15.2 Å². The number of piperidine rings is 1. The first-order chi connectivity index (χ1) is 12.0. The molecule has 8 nitrogen and oxygen atoms in total. The zero-order chi connectivity index (χ0) is 18.2. The number of imide groups is 1. The van der Waals surface area contributed by atoms with Gasteiger partial charge in [0.15, 0.2) is 11.7 Å². The van der Waals surface area contributed by atoms with Crippen LogP contribution in [0.25, 0.3) is 0 Å². The number of amides is 2. The van der Waals surface area contributed by atoms with Gasteiger partial charge in [0.05, 0.1) is 5.69 Å². The summed E-state index contributed by atoms with van der Waals surface area (Å²) in [5.74, 6) is 1.43. The van der Waals surface area contributed by atoms with E-state index in [0.29, 0.717) is 63.1 Å². The number of hydrogen-bond donors (Lipinski definition) is 2. The van der Waals surface area contributed by atoms with Gasteiger partial charge in [0, 0.05) is 38.5 Å². The molecule has 1 fully saturated rings. The Hall–Kier alpha value is -2.38. The molecule has 1 aromatic heterocycles. The van der Waals surface area contributed by atoms with Crippen molar-refractivity contribution in [3.05, 3.63) is 17.5 Å². The summed E-state index contributed by atoms with van der Waals surface area (Å²) < 4.78 is 5.27. The summed E-state index contributed by atoms with van der Waals surface area (Å²) in [5, 5.41) is 10.3. The van der Waals surface area contributed by atoms with E-state index in [1.807, 2.05) is 13.0 Å². The summed E-state index contributed by atoms with van der Waals surface area (Å²) in [6, 6.07) is 1.91. The van der Waals surface area contributed by atoms with Gasteiger partial charge in [-0.05, 0) is 19.3 Å². The van der Waals surface area contributed by atoms with E-state index in [1.165, 1.54) is 4.90 Å². The summed E-state index contributed by atoms with van der Waals surface area (Å²) in [6.07, 6.45) is 1.55. The average Bonchev–Trinajstić information content (AvgIpc) is 3.04. The highest BCUT2D eigenvalue weighted by molar-refractivity contribution is 5.97. The Morgan fingerprint density at radius 1 is 1.32 bits per heavy atom. The van der Waals surface area contributed by atoms with Crippen LogP contribution in [-0.4, -0.2) is 47.5 Å². The van der Waals surface area contributed by atoms with Crippen LogP contribution in [0.3, 0.4) is 0 Å². The number of likely N-dealkylation sites (tertiary alicyclic amines) is 1. The number of nitrogens with zero attached hydrogens (tertiary/aromatic N) is 3. The number of aliphatic imine (C=N–C) groups is 1. The first kappa shape index (κ1) is 19.0. The quantitative estimate of drug-likeness (QED) is 0.438. The van der Waals surface area contributed by atoms with Gasteiger partial charge in [-0.2, -0.15) is 0 Å². The molecule has 0 spiro atoms. The van der Waals surface area contributed by atoms with Crippen molar-refractivity contribution in [1.29, 1.82) is 0 Å². The van der Waals surface area contributed by atoms with E-state index in [2.05, 4.69) is 34.6 Å². The maximum atomic E-state index is 11.8. The second-order valence-corrected chi connectivity index (χ2v) is 6.29. The van der Waals surface area contributed by atoms with Crippen molar-refractivity contribution in [2.24, 2.45) is 4.99 Å². The molecule has 2 amide bonds. The topological polar surface area (TPSA) is 99.8 Å². The van der Waals surface area contributed by atoms with E-state index < -0.39 is 0 Å². The first-order valence-electron chi connectivity index (χ1n) is 8.82. The highest BCUT2D eigenvalue weighted by atomic mass is 16.5. The molecule has 0 radical (unpaired) electrons. The van der Waals surface area contributed by atoms with Crippen molar-refractivity contribution in [3.63, 3.8) is 0 Å². The van der Waals surface area contributed by atoms with Crippen molar-refractivity contribution in [2.75, 3.05) is 19.6 Å². The van der Waals surface area contributed by atoms with Gasteiger partial charge in [-0.15, -0.1) is 0 Å². The van der Waals surface area contributed by atoms with Gasteiger partial charge in [-0.25, -0.2) is 4.99 Å². The molecule has 1 saturated heterocycles. The molecule has 25 heavy (non-hydrogen) atoms. The molecule has 0 unspecified atom stereocenters. The number of nitrogens with one attached hydrogen (secondary N) is 2. The molecule has 1 aliphatic rings. The summed E-state index contributed by atoms with van der Waals surface area (Å²) in [6.45, 7) is 7.97. The van der Waals surface area contributed by atoms with E-state index in [-0.39, 0.29) is 11.8 Å². The molecular weight excluding hydrogens is 322 g/mol. The van der Waals surface area contributed by atoms with E-state index in [1.54, 1.807) is 0 Å². The third-order valence-electron chi connectivity index (χ3n) is 3.92. The van der Waals surface area contributed by atoms with Crippen molar-refractivity contribution in [1.82, 2.24) is 20.7 Å². The molecule has 2 N–H and O–H groups in total. The second-order valence-electron chi connectivity index (χ2n) is 6.29. The molecule has 1 aromatic rings. The molecule has 0 saturated carbocycles. The van der Waals surface area contributed by atoms with Crippen LogP contribution in [0.4, 0.5) is 0 Å². The van der Waals surface area contributed by atoms with E-state index in [0.717, 1.165) is 5.69 Å². The average molecular weight is 349 g/mol. The number of aromatic nitrogens is 1. The molecule has 0 aliphatic carbocycles. The molecule has 8 heteroatoms. The van der Waals surface area contributed by atoms with Gasteiger partial charge in [-0.1, -0.05) is 19.0 Å². The molecule has 2 heterocycles. The lowest BCUT2D eigenvalue weighted by molar-refractivity contribution is -0.147. The highest BCUT2D eigenvalue weighted by Crippen LogP contribution is 2.14. The van der Waals surface area contributed by atoms with Gasteiger partial charge >= 0.3 is 0 Å². The van der Waals surface area contributed by atoms with Crippen molar-refractivity contribution < 1.29 is 14.1 Å². The minimum Gasteiger partial charge on any atom is -0.359 e. The first-order valence-corrected chi connectivity index (χ1v) is 8.82. The number of guanidine groups is 1. The third kappa shape index (κ3) is 5.58. The number of rotatable bonds is 7. The highest BCUT2D eigenvalue weighted by Gasteiger charge is 2.25. The van der Waals surface area contributed by atoms with Gasteiger partial charge in [0.1, 0.15) is 6.54 Å². The summed E-state index contributed by atoms with van der Waals surface area (Å²) in [5.41, 5.74) is 0.908. The van der Waals surface area contributed by atoms with Crippen LogP contribution < -0.4 is 10.6 Å². The summed E-state index contributed by atoms with van der Waals surface area (Å²) in [7, 11) is 0. The molecule has 2 rings (SSSR count). The van der Waals surface area contributed by atoms with Crippen LogP contribution in [0.2, 0.25) is 0 Å². The van der Waals surface area contributed by atoms with Gasteiger partial charge in [-0.3, -0.25) is 14.5 Å². The fraction of sp³-hybridized carbons (Fsp3) is 0.647. The lowest BCUT2D eigenvalue weighted by atomic mass is 10.1. The lowest BCUT2D eigenvalue weighted by Gasteiger charge is -2.25. The van der Waals surface area contributed by atoms with Crippen LogP contribution in [0.5, 0.6) is 0 Å². The molecule has 0 atom stereocenters. The summed E-state index contributed by atoms with van der Waals surface area (Å²) in [4.78, 5) is 29.3. The molecular formula is C17H27N5O3. The Kier molecular flexibility index (Phi) is 6.97. The standard InChI is InChI=1S/C17H27N5O3/c1-4-18-17(20-11-13-10-14(12(2)3)21-25-13)19-8-9-22-15(23)6-5-7-16(22)24/h10,12H,4-9,11H2,1-3H3,(H2,18,19,20). The van der Waals surface area contributed by atoms with Crippen molar-refractivity contribution in [2.45, 2.75) is 52.5 Å². The number of carbonyl (C=O) groups is 2. The van der Waals surface area contributed by atoms with E-state index in [9.17, 15) is 9.59 Å². The summed E-state index contributed by atoms with van der Waals surface area (Å²) >= 11 is 0. The zero-order valence-electron chi connectivity index (χ0n) is 15.2. The maximum Gasteiger partial charge on any atom is 0.229 e. The lowest BCUT2D eigenvalue weighted by Crippen LogP contribution is -2.46. The van der Waals surface area contributed by atoms with Crippen LogP contribution >= 0.6 is 0 Å². The van der Waals surface area contributed by atoms with Crippen LogP contribution in [0.1, 0.15) is 57.4 Å². The smallest absolute Gasteiger partial charge is 0.229 e. The SMILES string of the molecule is CCNC(=NCc1cc(C(C)C)no1)NCCN1C(=O)CCCC1=O. The molecule has 0 aromatic carbocycles. The molecule has 1 aliphatic heterocycles. The van der Waals surface area contributed by atoms with E-state index in [4.69, 9.17) is 4.52 Å². The minimum atomic E-state index is -0.0946. The zero-order valence-corrected chi connectivity index (χ0v) is 15.2. The minimum absolute atomic E-state index is 0.0946. The predicted molar refractivity (Wildman–Crippen MR) is 94.0 cm³/mol. The fourth-order valence-electron chi connectivity index (χ4n) is 2.51. The monoisotopic (exact) mass is 349 g/mol. The van der Waals surface area contributed by atoms with Crippen molar-refractivity contribution in [3.8, 4) is 0 Å². The molecule has 0 bridgehead atoms. The maximum absolute atomic E-state index is 11.8. The molecule has 138 valence electrons. The Morgan fingerprint density at radius 3 is 2.64 bits per heavy atom. The Labute approximate surface area is 148 Å². The van der Waals surface area contributed by atoms with Crippen LogP contribution in [0, 0.1) is 0 Å². The number of hydrogen-bond acceptors (Lipinski definition) is 5. The van der Waals surface area contributed by atoms with Gasteiger partial charge in [0.25, 0.3) is 0 Å². The van der Waals surface area contributed by atoms with Crippen molar-refractivity contribution >= 4 is 17.8 Å². The number of carbonyl (C=O) groups excluding carboxylic acids is 2. The Balaban J connectivity index is 1.86. The van der Waals surface area contributed by atoms with Crippen LogP contribution in [0.15, 0.2) is 15.6 Å². The fourth-order valence-corrected chi connectivity index (χ4v) is 2.51. The third-order valence-corrected chi connectivity index (χ3v) is 3.92. The van der Waals surface area contributed by atoms with Gasteiger partial charge in [0.2, 0.25) is 11.8 Å². The predicted octanol–water partition coefficient (Wildman–Crippen LogP) is 1.39. The Bertz CT molecular complexity index is 608. The Morgan fingerprint density at radius 2 is 2.04 bits per heavy atom. The normalized spacial score (nSPS) is 15.8. The van der Waals surface area contributed by atoms with Crippen LogP contribution in [-0.2, 0) is 16.1 Å². The largest absolute Gasteiger partial charge is 0.359 e.